The van der Waals surface area contributed by atoms with E-state index in [0.29, 0.717) is 54.8 Å². The van der Waals surface area contributed by atoms with Crippen molar-refractivity contribution < 1.29 is 13.9 Å². The molecule has 3 aliphatic rings. The summed E-state index contributed by atoms with van der Waals surface area (Å²) in [6.45, 7) is 3.35. The predicted octanol–water partition coefficient (Wildman–Crippen LogP) is 0.772. The molecular formula is C17H18FN5O2. The van der Waals surface area contributed by atoms with Crippen molar-refractivity contribution in [1.29, 1.82) is 0 Å². The van der Waals surface area contributed by atoms with Gasteiger partial charge in [0, 0.05) is 30.4 Å². The highest BCUT2D eigenvalue weighted by molar-refractivity contribution is 6.01. The summed E-state index contributed by atoms with van der Waals surface area (Å²) < 4.78 is 19.3. The normalized spacial score (nSPS) is 20.1. The van der Waals surface area contributed by atoms with Gasteiger partial charge in [0.25, 0.3) is 5.91 Å². The van der Waals surface area contributed by atoms with Crippen molar-refractivity contribution in [2.45, 2.75) is 13.5 Å². The number of fused-ring (bicyclic) bond motifs is 1. The first-order valence-corrected chi connectivity index (χ1v) is 8.08. The van der Waals surface area contributed by atoms with E-state index in [2.05, 4.69) is 21.1 Å². The molecule has 0 unspecified atom stereocenters. The Labute approximate surface area is 144 Å². The maximum absolute atomic E-state index is 13.6. The number of ether oxygens (including phenoxy) is 1. The second-order valence-electron chi connectivity index (χ2n) is 5.99. The Morgan fingerprint density at radius 2 is 2.16 bits per heavy atom. The van der Waals surface area contributed by atoms with Crippen molar-refractivity contribution >= 4 is 11.7 Å². The SMILES string of the molecule is CC1=CN2NCC3=C2N=C1NCc1cc(F)ccc1OCCNC3=O. The van der Waals surface area contributed by atoms with Crippen LogP contribution in [0.2, 0.25) is 0 Å². The van der Waals surface area contributed by atoms with Gasteiger partial charge in [0.15, 0.2) is 5.82 Å². The highest BCUT2D eigenvalue weighted by Gasteiger charge is 2.29. The van der Waals surface area contributed by atoms with Gasteiger partial charge in [-0.05, 0) is 25.1 Å². The third-order valence-corrected chi connectivity index (χ3v) is 4.23. The summed E-state index contributed by atoms with van der Waals surface area (Å²) in [5.74, 6) is 1.31. The van der Waals surface area contributed by atoms with Crippen LogP contribution in [-0.2, 0) is 11.3 Å². The molecule has 0 aliphatic carbocycles. The van der Waals surface area contributed by atoms with E-state index in [0.717, 1.165) is 5.57 Å². The van der Waals surface area contributed by atoms with E-state index in [-0.39, 0.29) is 11.7 Å². The van der Waals surface area contributed by atoms with Gasteiger partial charge >= 0.3 is 0 Å². The van der Waals surface area contributed by atoms with Crippen molar-refractivity contribution in [3.8, 4) is 5.75 Å². The number of amidine groups is 1. The number of halogens is 1. The molecule has 1 amide bonds. The minimum absolute atomic E-state index is 0.178. The van der Waals surface area contributed by atoms with Crippen LogP contribution in [0.1, 0.15) is 12.5 Å². The number of hydrogen-bond donors (Lipinski definition) is 3. The lowest BCUT2D eigenvalue weighted by Crippen LogP contribution is -2.34. The average molecular weight is 343 g/mol. The molecule has 8 heteroatoms. The van der Waals surface area contributed by atoms with Crippen LogP contribution in [-0.4, -0.2) is 36.4 Å². The van der Waals surface area contributed by atoms with Crippen LogP contribution in [0.4, 0.5) is 4.39 Å². The van der Waals surface area contributed by atoms with E-state index in [1.165, 1.54) is 12.1 Å². The van der Waals surface area contributed by atoms with Gasteiger partial charge in [0.1, 0.15) is 24.0 Å². The standard InChI is InChI=1S/C17H18FN5O2/c1-10-9-23-16-13(8-21-23)17(24)19-4-5-25-14-3-2-12(18)6-11(14)7-20-15(10)22-16/h2-3,6,9,21H,4-5,7-8H2,1H3,(H,19,24)(H,20,22). The quantitative estimate of drug-likeness (QED) is 0.649. The number of nitrogens with one attached hydrogen (secondary N) is 3. The van der Waals surface area contributed by atoms with Gasteiger partial charge in [-0.15, -0.1) is 0 Å². The Kier molecular flexibility index (Phi) is 3.89. The number of benzene rings is 1. The summed E-state index contributed by atoms with van der Waals surface area (Å²) in [5.41, 5.74) is 5.30. The number of rotatable bonds is 0. The van der Waals surface area contributed by atoms with Gasteiger partial charge in [-0.2, -0.15) is 0 Å². The smallest absolute Gasteiger partial charge is 0.252 e. The van der Waals surface area contributed by atoms with E-state index in [9.17, 15) is 9.18 Å². The molecule has 0 radical (unpaired) electrons. The van der Waals surface area contributed by atoms with Crippen LogP contribution in [0, 0.1) is 5.82 Å². The molecule has 3 aliphatic heterocycles. The van der Waals surface area contributed by atoms with Crippen molar-refractivity contribution in [3.63, 3.8) is 0 Å². The third kappa shape index (κ3) is 2.96. The Morgan fingerprint density at radius 1 is 1.28 bits per heavy atom. The number of hydrogen-bond acceptors (Lipinski definition) is 6. The summed E-state index contributed by atoms with van der Waals surface area (Å²) in [5, 5.41) is 7.80. The molecule has 0 saturated heterocycles. The van der Waals surface area contributed by atoms with E-state index < -0.39 is 0 Å². The number of nitrogens with zero attached hydrogens (tertiary/aromatic N) is 2. The molecule has 1 aromatic rings. The molecule has 0 spiro atoms. The molecule has 7 nitrogen and oxygen atoms in total. The lowest BCUT2D eigenvalue weighted by atomic mass is 10.1. The molecule has 130 valence electrons. The van der Waals surface area contributed by atoms with Crippen LogP contribution >= 0.6 is 0 Å². The Bertz CT molecular complexity index is 830. The summed E-state index contributed by atoms with van der Waals surface area (Å²) in [7, 11) is 0. The van der Waals surface area contributed by atoms with Gasteiger partial charge in [-0.1, -0.05) is 0 Å². The lowest BCUT2D eigenvalue weighted by molar-refractivity contribution is -0.117. The molecule has 4 rings (SSSR count). The minimum atomic E-state index is -0.323. The lowest BCUT2D eigenvalue weighted by Gasteiger charge is -2.23. The Hall–Kier alpha value is -2.87. The first kappa shape index (κ1) is 15.6. The fourth-order valence-electron chi connectivity index (χ4n) is 2.94. The average Bonchev–Trinajstić information content (AvgIpc) is 2.99. The van der Waals surface area contributed by atoms with Crippen LogP contribution in [0.15, 0.2) is 46.4 Å². The van der Waals surface area contributed by atoms with Crippen molar-refractivity contribution in [3.05, 3.63) is 52.7 Å². The Morgan fingerprint density at radius 3 is 3.04 bits per heavy atom. The van der Waals surface area contributed by atoms with Crippen LogP contribution in [0.5, 0.6) is 5.75 Å². The molecule has 0 aromatic heterocycles. The van der Waals surface area contributed by atoms with Crippen LogP contribution in [0.3, 0.4) is 0 Å². The second-order valence-corrected chi connectivity index (χ2v) is 5.99. The maximum Gasteiger partial charge on any atom is 0.252 e. The number of hydrazine groups is 1. The minimum Gasteiger partial charge on any atom is -0.491 e. The van der Waals surface area contributed by atoms with Crippen LogP contribution < -0.4 is 20.8 Å². The predicted molar refractivity (Wildman–Crippen MR) is 89.8 cm³/mol. The van der Waals surface area contributed by atoms with Gasteiger partial charge in [-0.25, -0.2) is 14.8 Å². The largest absolute Gasteiger partial charge is 0.491 e. The topological polar surface area (TPSA) is 78.0 Å². The van der Waals surface area contributed by atoms with Crippen molar-refractivity contribution in [2.24, 2.45) is 4.99 Å². The molecular weight excluding hydrogens is 325 g/mol. The van der Waals surface area contributed by atoms with Gasteiger partial charge in [0.2, 0.25) is 0 Å². The highest BCUT2D eigenvalue weighted by atomic mass is 19.1. The molecule has 3 heterocycles. The monoisotopic (exact) mass is 343 g/mol. The summed E-state index contributed by atoms with van der Waals surface area (Å²) in [6, 6.07) is 4.40. The van der Waals surface area contributed by atoms with Gasteiger partial charge in [-0.3, -0.25) is 9.80 Å². The van der Waals surface area contributed by atoms with Crippen molar-refractivity contribution in [2.75, 3.05) is 19.7 Å². The molecule has 1 aromatic carbocycles. The molecule has 2 bridgehead atoms. The second kappa shape index (κ2) is 6.21. The molecule has 25 heavy (non-hydrogen) atoms. The van der Waals surface area contributed by atoms with Crippen LogP contribution in [0.25, 0.3) is 0 Å². The Balaban J connectivity index is 1.71. The van der Waals surface area contributed by atoms with E-state index in [1.807, 2.05) is 13.1 Å². The van der Waals surface area contributed by atoms with E-state index >= 15 is 0 Å². The number of carbonyl (C=O) groups excluding carboxylic acids is 1. The highest BCUT2D eigenvalue weighted by Crippen LogP contribution is 2.24. The first-order valence-electron chi connectivity index (χ1n) is 8.08. The first-order chi connectivity index (χ1) is 12.1. The fourth-order valence-corrected chi connectivity index (χ4v) is 2.94. The third-order valence-electron chi connectivity index (χ3n) is 4.23. The number of aliphatic imine (C=N–C) groups is 1. The molecule has 3 N–H and O–H groups in total. The summed E-state index contributed by atoms with van der Waals surface area (Å²) in [6.07, 6.45) is 1.88. The molecule has 0 saturated carbocycles. The van der Waals surface area contributed by atoms with Gasteiger partial charge in [0.05, 0.1) is 12.1 Å². The molecule has 0 fully saturated rings. The number of amides is 1. The summed E-state index contributed by atoms with van der Waals surface area (Å²) in [4.78, 5) is 17.0. The van der Waals surface area contributed by atoms with Gasteiger partial charge < -0.3 is 15.4 Å². The number of carbonyl (C=O) groups is 1. The van der Waals surface area contributed by atoms with E-state index in [1.54, 1.807) is 11.1 Å². The zero-order chi connectivity index (χ0) is 17.4. The maximum atomic E-state index is 13.6. The zero-order valence-corrected chi connectivity index (χ0v) is 13.7. The summed E-state index contributed by atoms with van der Waals surface area (Å²) >= 11 is 0. The zero-order valence-electron chi connectivity index (χ0n) is 13.7. The molecule has 0 atom stereocenters. The van der Waals surface area contributed by atoms with Crippen molar-refractivity contribution in [1.82, 2.24) is 21.1 Å². The fraction of sp³-hybridized carbons (Fsp3) is 0.294. The van der Waals surface area contributed by atoms with E-state index in [4.69, 9.17) is 4.74 Å².